The van der Waals surface area contributed by atoms with Crippen molar-refractivity contribution in [2.24, 2.45) is 5.92 Å². The van der Waals surface area contributed by atoms with Gasteiger partial charge in [-0.25, -0.2) is 9.97 Å². The van der Waals surface area contributed by atoms with Gasteiger partial charge in [-0.1, -0.05) is 12.1 Å². The molecule has 0 bridgehead atoms. The van der Waals surface area contributed by atoms with Crippen LogP contribution in [0, 0.1) is 5.92 Å². The lowest BCUT2D eigenvalue weighted by Crippen LogP contribution is -2.36. The van der Waals surface area contributed by atoms with Gasteiger partial charge in [0.2, 0.25) is 0 Å². The number of rotatable bonds is 5. The molecule has 1 aromatic carbocycles. The Kier molecular flexibility index (Phi) is 5.72. The van der Waals surface area contributed by atoms with Crippen LogP contribution in [-0.2, 0) is 4.74 Å². The van der Waals surface area contributed by atoms with E-state index in [0.717, 1.165) is 74.0 Å². The molecule has 2 aliphatic rings. The third-order valence-corrected chi connectivity index (χ3v) is 5.95. The molecule has 30 heavy (non-hydrogen) atoms. The highest BCUT2D eigenvalue weighted by molar-refractivity contribution is 5.88. The van der Waals surface area contributed by atoms with Crippen molar-refractivity contribution in [3.63, 3.8) is 0 Å². The average Bonchev–Trinajstić information content (AvgIpc) is 2.84. The highest BCUT2D eigenvalue weighted by Crippen LogP contribution is 2.27. The van der Waals surface area contributed by atoms with Crippen LogP contribution in [0.3, 0.4) is 0 Å². The molecule has 3 aromatic rings. The lowest BCUT2D eigenvalue weighted by atomic mass is 10.00. The lowest BCUT2D eigenvalue weighted by Gasteiger charge is -2.28. The standard InChI is InChI=1S/C23H28N6O/c1-2-17(15-24-7-1)16-27-23-22-21(25-8-9-26-22)14-20(28-23)18-3-5-19(6-4-18)29-10-12-30-13-11-29/h3-6,8-9,14,17,24H,1-2,7,10-13,15-16H2,(H,27,28)/t17-/m1/s1. The van der Waals surface area contributed by atoms with Crippen molar-refractivity contribution in [1.82, 2.24) is 20.3 Å². The van der Waals surface area contributed by atoms with Gasteiger partial charge in [-0.3, -0.25) is 4.98 Å². The molecule has 2 aliphatic heterocycles. The highest BCUT2D eigenvalue weighted by atomic mass is 16.5. The van der Waals surface area contributed by atoms with E-state index in [1.54, 1.807) is 12.4 Å². The Morgan fingerprint density at radius 2 is 1.93 bits per heavy atom. The van der Waals surface area contributed by atoms with Crippen molar-refractivity contribution in [2.45, 2.75) is 12.8 Å². The molecule has 0 unspecified atom stereocenters. The van der Waals surface area contributed by atoms with E-state index in [1.165, 1.54) is 18.5 Å². The Hall–Kier alpha value is -2.77. The van der Waals surface area contributed by atoms with E-state index in [4.69, 9.17) is 9.72 Å². The SMILES string of the molecule is c1cnc2c(NC[C@@H]3CCCNC3)nc(-c3ccc(N4CCOCC4)cc3)cc2n1. The van der Waals surface area contributed by atoms with Gasteiger partial charge in [0, 0.05) is 43.3 Å². The zero-order chi connectivity index (χ0) is 20.2. The summed E-state index contributed by atoms with van der Waals surface area (Å²) in [6.45, 7) is 6.53. The van der Waals surface area contributed by atoms with Crippen molar-refractivity contribution in [1.29, 1.82) is 0 Å². The fourth-order valence-corrected chi connectivity index (χ4v) is 4.25. The van der Waals surface area contributed by atoms with Crippen molar-refractivity contribution in [2.75, 3.05) is 56.2 Å². The van der Waals surface area contributed by atoms with Crippen LogP contribution in [0.2, 0.25) is 0 Å². The van der Waals surface area contributed by atoms with Gasteiger partial charge < -0.3 is 20.3 Å². The van der Waals surface area contributed by atoms with Crippen LogP contribution in [0.5, 0.6) is 0 Å². The molecule has 2 N–H and O–H groups in total. The second-order valence-corrected chi connectivity index (χ2v) is 8.02. The Bertz CT molecular complexity index is 981. The van der Waals surface area contributed by atoms with Crippen molar-refractivity contribution in [3.05, 3.63) is 42.7 Å². The summed E-state index contributed by atoms with van der Waals surface area (Å²) in [6.07, 6.45) is 5.94. The first-order chi connectivity index (χ1) is 14.9. The molecule has 1 atom stereocenters. The van der Waals surface area contributed by atoms with Crippen LogP contribution in [0.4, 0.5) is 11.5 Å². The molecule has 7 heteroatoms. The molecule has 4 heterocycles. The maximum atomic E-state index is 5.46. The third kappa shape index (κ3) is 4.22. The second-order valence-electron chi connectivity index (χ2n) is 8.02. The molecule has 5 rings (SSSR count). The van der Waals surface area contributed by atoms with E-state index in [2.05, 4.69) is 49.8 Å². The summed E-state index contributed by atoms with van der Waals surface area (Å²) in [6, 6.07) is 10.7. The molecule has 0 amide bonds. The second kappa shape index (κ2) is 8.93. The van der Waals surface area contributed by atoms with Crippen LogP contribution >= 0.6 is 0 Å². The van der Waals surface area contributed by atoms with Gasteiger partial charge in [-0.05, 0) is 50.0 Å². The Labute approximate surface area is 176 Å². The number of fused-ring (bicyclic) bond motifs is 1. The summed E-state index contributed by atoms with van der Waals surface area (Å²) in [5.74, 6) is 1.43. The lowest BCUT2D eigenvalue weighted by molar-refractivity contribution is 0.122. The molecule has 2 aromatic heterocycles. The Morgan fingerprint density at radius 1 is 1.10 bits per heavy atom. The van der Waals surface area contributed by atoms with Crippen LogP contribution in [-0.4, -0.2) is 60.9 Å². The molecule has 0 spiro atoms. The maximum Gasteiger partial charge on any atom is 0.154 e. The summed E-state index contributed by atoms with van der Waals surface area (Å²) in [7, 11) is 0. The molecule has 0 radical (unpaired) electrons. The maximum absolute atomic E-state index is 5.46. The number of hydrogen-bond acceptors (Lipinski definition) is 7. The highest BCUT2D eigenvalue weighted by Gasteiger charge is 2.16. The predicted molar refractivity (Wildman–Crippen MR) is 120 cm³/mol. The van der Waals surface area contributed by atoms with Gasteiger partial charge >= 0.3 is 0 Å². The topological polar surface area (TPSA) is 75.2 Å². The number of pyridine rings is 1. The molecular formula is C23H28N6O. The summed E-state index contributed by atoms with van der Waals surface area (Å²) < 4.78 is 5.46. The molecule has 2 saturated heterocycles. The van der Waals surface area contributed by atoms with Crippen molar-refractivity contribution >= 4 is 22.5 Å². The minimum Gasteiger partial charge on any atom is -0.378 e. The smallest absolute Gasteiger partial charge is 0.154 e. The van der Waals surface area contributed by atoms with Crippen LogP contribution in [0.15, 0.2) is 42.7 Å². The van der Waals surface area contributed by atoms with Crippen LogP contribution in [0.25, 0.3) is 22.3 Å². The normalized spacial score (nSPS) is 19.7. The first-order valence-electron chi connectivity index (χ1n) is 10.9. The molecule has 0 saturated carbocycles. The van der Waals surface area contributed by atoms with Crippen molar-refractivity contribution in [3.8, 4) is 11.3 Å². The van der Waals surface area contributed by atoms with Gasteiger partial charge in [0.15, 0.2) is 5.82 Å². The summed E-state index contributed by atoms with van der Waals surface area (Å²) in [5, 5.41) is 7.03. The fourth-order valence-electron chi connectivity index (χ4n) is 4.25. The Morgan fingerprint density at radius 3 is 2.73 bits per heavy atom. The van der Waals surface area contributed by atoms with E-state index in [1.807, 2.05) is 6.07 Å². The molecule has 2 fully saturated rings. The molecule has 0 aliphatic carbocycles. The quantitative estimate of drug-likeness (QED) is 0.677. The number of anilines is 2. The monoisotopic (exact) mass is 404 g/mol. The number of ether oxygens (including phenoxy) is 1. The van der Waals surface area contributed by atoms with E-state index >= 15 is 0 Å². The number of nitrogens with zero attached hydrogens (tertiary/aromatic N) is 4. The molecule has 7 nitrogen and oxygen atoms in total. The summed E-state index contributed by atoms with van der Waals surface area (Å²) >= 11 is 0. The molecular weight excluding hydrogens is 376 g/mol. The van der Waals surface area contributed by atoms with E-state index < -0.39 is 0 Å². The van der Waals surface area contributed by atoms with Gasteiger partial charge in [0.05, 0.1) is 24.4 Å². The minimum absolute atomic E-state index is 0.615. The number of nitrogens with one attached hydrogen (secondary N) is 2. The first-order valence-corrected chi connectivity index (χ1v) is 10.9. The number of benzene rings is 1. The first kappa shape index (κ1) is 19.2. The third-order valence-electron chi connectivity index (χ3n) is 5.95. The fraction of sp³-hybridized carbons (Fsp3) is 0.435. The van der Waals surface area contributed by atoms with Crippen LogP contribution < -0.4 is 15.5 Å². The number of hydrogen-bond donors (Lipinski definition) is 2. The minimum atomic E-state index is 0.615. The van der Waals surface area contributed by atoms with Crippen LogP contribution in [0.1, 0.15) is 12.8 Å². The van der Waals surface area contributed by atoms with E-state index in [0.29, 0.717) is 5.92 Å². The zero-order valence-corrected chi connectivity index (χ0v) is 17.2. The average molecular weight is 405 g/mol. The van der Waals surface area contributed by atoms with Gasteiger partial charge in [-0.15, -0.1) is 0 Å². The predicted octanol–water partition coefficient (Wildman–Crippen LogP) is 2.94. The van der Waals surface area contributed by atoms with Gasteiger partial charge in [0.25, 0.3) is 0 Å². The largest absolute Gasteiger partial charge is 0.378 e. The molecule has 156 valence electrons. The van der Waals surface area contributed by atoms with E-state index in [9.17, 15) is 0 Å². The van der Waals surface area contributed by atoms with Gasteiger partial charge in [0.1, 0.15) is 5.52 Å². The van der Waals surface area contributed by atoms with E-state index in [-0.39, 0.29) is 0 Å². The number of aromatic nitrogens is 3. The van der Waals surface area contributed by atoms with Gasteiger partial charge in [-0.2, -0.15) is 0 Å². The number of piperidine rings is 1. The number of morpholine rings is 1. The van der Waals surface area contributed by atoms with Crippen molar-refractivity contribution < 1.29 is 4.74 Å². The zero-order valence-electron chi connectivity index (χ0n) is 17.2. The summed E-state index contributed by atoms with van der Waals surface area (Å²) in [4.78, 5) is 16.4. The summed E-state index contributed by atoms with van der Waals surface area (Å²) in [5.41, 5.74) is 4.92. The Balaban J connectivity index is 1.41.